The number of allylic oxidation sites excluding steroid dienone is 6. The van der Waals surface area contributed by atoms with Crippen LogP contribution in [0.4, 0.5) is 5.69 Å². The van der Waals surface area contributed by atoms with Crippen molar-refractivity contribution in [1.29, 1.82) is 0 Å². The molecule has 1 aliphatic rings. The van der Waals surface area contributed by atoms with E-state index in [9.17, 15) is 0 Å². The molecule has 2 rings (SSSR count). The summed E-state index contributed by atoms with van der Waals surface area (Å²) in [5.74, 6) is 0. The van der Waals surface area contributed by atoms with Crippen LogP contribution in [-0.4, -0.2) is 0 Å². The van der Waals surface area contributed by atoms with Gasteiger partial charge in [-0.3, -0.25) is 0 Å². The topological polar surface area (TPSA) is 3.24 Å². The summed E-state index contributed by atoms with van der Waals surface area (Å²) in [6, 6.07) is 8.53. The Hall–Kier alpha value is -1.55. The van der Waals surface area contributed by atoms with Gasteiger partial charge >= 0.3 is 0 Å². The Kier molecular flexibility index (Phi) is 7.23. The fourth-order valence-corrected chi connectivity index (χ4v) is 2.26. The number of halogens is 1. The molecule has 0 saturated heterocycles. The van der Waals surface area contributed by atoms with Crippen LogP contribution in [0.5, 0.6) is 0 Å². The molecule has 0 aromatic heterocycles. The third-order valence-corrected chi connectivity index (χ3v) is 3.28. The molecule has 21 heavy (non-hydrogen) atoms. The van der Waals surface area contributed by atoms with Crippen LogP contribution in [0.2, 0.25) is 0 Å². The van der Waals surface area contributed by atoms with E-state index in [0.29, 0.717) is 0 Å². The van der Waals surface area contributed by atoms with Gasteiger partial charge in [-0.2, -0.15) is 0 Å². The second-order valence-electron chi connectivity index (χ2n) is 4.81. The van der Waals surface area contributed by atoms with Crippen molar-refractivity contribution in [3.63, 3.8) is 0 Å². The number of rotatable bonds is 5. The second kappa shape index (κ2) is 8.67. The van der Waals surface area contributed by atoms with Crippen LogP contribution in [0, 0.1) is 6.92 Å². The zero-order valence-electron chi connectivity index (χ0n) is 12.5. The summed E-state index contributed by atoms with van der Waals surface area (Å²) in [6.45, 7) is 9.82. The molecule has 110 valence electrons. The predicted molar refractivity (Wildman–Crippen MR) is 104 cm³/mol. The SMILES string of the molecule is C=C/C=C(\C=C)N(C1=CCCC=C1)c1ccc(C)cc1.I. The van der Waals surface area contributed by atoms with E-state index < -0.39 is 0 Å². The van der Waals surface area contributed by atoms with Crippen molar-refractivity contribution in [3.8, 4) is 0 Å². The first-order valence-electron chi connectivity index (χ1n) is 6.95. The summed E-state index contributed by atoms with van der Waals surface area (Å²) in [5.41, 5.74) is 4.62. The summed E-state index contributed by atoms with van der Waals surface area (Å²) < 4.78 is 0. The van der Waals surface area contributed by atoms with Gasteiger partial charge < -0.3 is 4.90 Å². The van der Waals surface area contributed by atoms with Gasteiger partial charge in [0.1, 0.15) is 0 Å². The molecule has 0 heterocycles. The van der Waals surface area contributed by atoms with Crippen LogP contribution in [-0.2, 0) is 0 Å². The molecule has 0 unspecified atom stereocenters. The quantitative estimate of drug-likeness (QED) is 0.446. The Morgan fingerprint density at radius 1 is 1.14 bits per heavy atom. The van der Waals surface area contributed by atoms with Gasteiger partial charge in [-0.1, -0.05) is 49.1 Å². The number of hydrogen-bond acceptors (Lipinski definition) is 1. The van der Waals surface area contributed by atoms with E-state index >= 15 is 0 Å². The highest BCUT2D eigenvalue weighted by molar-refractivity contribution is 14.0. The van der Waals surface area contributed by atoms with E-state index in [-0.39, 0.29) is 24.0 Å². The van der Waals surface area contributed by atoms with Crippen molar-refractivity contribution < 1.29 is 0 Å². The average molecular weight is 391 g/mol. The largest absolute Gasteiger partial charge is 0.311 e. The fourth-order valence-electron chi connectivity index (χ4n) is 2.26. The van der Waals surface area contributed by atoms with Crippen molar-refractivity contribution >= 4 is 29.7 Å². The number of anilines is 1. The van der Waals surface area contributed by atoms with Gasteiger partial charge in [-0.05, 0) is 50.1 Å². The molecule has 1 aromatic carbocycles. The minimum atomic E-state index is 0. The summed E-state index contributed by atoms with van der Waals surface area (Å²) >= 11 is 0. The average Bonchev–Trinajstić information content (AvgIpc) is 2.49. The Labute approximate surface area is 145 Å². The van der Waals surface area contributed by atoms with Crippen molar-refractivity contribution in [3.05, 3.63) is 90.8 Å². The van der Waals surface area contributed by atoms with Gasteiger partial charge in [0.05, 0.1) is 0 Å². The molecule has 1 nitrogen and oxygen atoms in total. The number of nitrogens with zero attached hydrogens (tertiary/aromatic N) is 1. The lowest BCUT2D eigenvalue weighted by Crippen LogP contribution is -2.20. The van der Waals surface area contributed by atoms with E-state index in [0.717, 1.165) is 24.2 Å². The van der Waals surface area contributed by atoms with E-state index in [1.807, 2.05) is 12.2 Å². The molecule has 1 aliphatic carbocycles. The van der Waals surface area contributed by atoms with E-state index in [4.69, 9.17) is 0 Å². The molecule has 0 bridgehead atoms. The molecule has 0 fully saturated rings. The lowest BCUT2D eigenvalue weighted by molar-refractivity contribution is 0.986. The maximum absolute atomic E-state index is 3.93. The Morgan fingerprint density at radius 3 is 2.38 bits per heavy atom. The number of hydrogen-bond donors (Lipinski definition) is 0. The minimum absolute atomic E-state index is 0. The first-order valence-corrected chi connectivity index (χ1v) is 6.95. The molecule has 0 spiro atoms. The van der Waals surface area contributed by atoms with Gasteiger partial charge in [0.15, 0.2) is 0 Å². The molecule has 0 aliphatic heterocycles. The number of aryl methyl sites for hydroxylation is 1. The van der Waals surface area contributed by atoms with Crippen LogP contribution in [0.25, 0.3) is 0 Å². The zero-order valence-corrected chi connectivity index (χ0v) is 14.8. The van der Waals surface area contributed by atoms with Crippen molar-refractivity contribution in [1.82, 2.24) is 0 Å². The number of benzene rings is 1. The molecule has 2 heteroatoms. The van der Waals surface area contributed by atoms with Gasteiger partial charge in [0, 0.05) is 17.1 Å². The van der Waals surface area contributed by atoms with Gasteiger partial charge in [0.25, 0.3) is 0 Å². The van der Waals surface area contributed by atoms with Crippen LogP contribution in [0.3, 0.4) is 0 Å². The summed E-state index contributed by atoms with van der Waals surface area (Å²) in [5, 5.41) is 0. The minimum Gasteiger partial charge on any atom is -0.311 e. The molecular weight excluding hydrogens is 369 g/mol. The highest BCUT2D eigenvalue weighted by Crippen LogP contribution is 2.28. The van der Waals surface area contributed by atoms with Gasteiger partial charge in [-0.25, -0.2) is 0 Å². The normalized spacial score (nSPS) is 14.0. The molecule has 0 N–H and O–H groups in total. The molecule has 1 aromatic rings. The van der Waals surface area contributed by atoms with Gasteiger partial charge in [-0.15, -0.1) is 24.0 Å². The van der Waals surface area contributed by atoms with E-state index in [1.165, 1.54) is 11.3 Å². The highest BCUT2D eigenvalue weighted by atomic mass is 127. The van der Waals surface area contributed by atoms with Gasteiger partial charge in [0.2, 0.25) is 0 Å². The van der Waals surface area contributed by atoms with Crippen LogP contribution in [0.15, 0.2) is 85.3 Å². The first-order chi connectivity index (χ1) is 9.76. The standard InChI is InChI=1S/C19H21N.HI/c1-4-9-17(5-2)20(18-10-7-6-8-11-18)19-14-12-16(3)13-15-19;/h4-5,7,9-15H,1-2,6,8H2,3H3;1H/b17-9+;. The Bertz CT molecular complexity index is 576. The second-order valence-corrected chi connectivity index (χ2v) is 4.81. The Balaban J connectivity index is 0.00000220. The lowest BCUT2D eigenvalue weighted by atomic mass is 10.1. The summed E-state index contributed by atoms with van der Waals surface area (Å²) in [6.07, 6.45) is 14.5. The maximum Gasteiger partial charge on any atom is 0.0461 e. The maximum atomic E-state index is 3.93. The molecule has 0 saturated carbocycles. The van der Waals surface area contributed by atoms with E-state index in [2.05, 4.69) is 67.5 Å². The lowest BCUT2D eigenvalue weighted by Gasteiger charge is -2.28. The van der Waals surface area contributed by atoms with Crippen molar-refractivity contribution in [2.45, 2.75) is 19.8 Å². The van der Waals surface area contributed by atoms with Crippen LogP contribution in [0.1, 0.15) is 18.4 Å². The van der Waals surface area contributed by atoms with Crippen LogP contribution < -0.4 is 4.90 Å². The highest BCUT2D eigenvalue weighted by Gasteiger charge is 2.13. The smallest absolute Gasteiger partial charge is 0.0461 e. The van der Waals surface area contributed by atoms with Crippen LogP contribution >= 0.6 is 24.0 Å². The van der Waals surface area contributed by atoms with E-state index in [1.54, 1.807) is 6.08 Å². The van der Waals surface area contributed by atoms with Crippen molar-refractivity contribution in [2.24, 2.45) is 0 Å². The third-order valence-electron chi connectivity index (χ3n) is 3.28. The first kappa shape index (κ1) is 17.5. The van der Waals surface area contributed by atoms with Crippen molar-refractivity contribution in [2.75, 3.05) is 4.90 Å². The summed E-state index contributed by atoms with van der Waals surface area (Å²) in [7, 11) is 0. The predicted octanol–water partition coefficient (Wildman–Crippen LogP) is 5.91. The molecule has 0 atom stereocenters. The molecular formula is C19H22IN. The molecule has 0 amide bonds. The monoisotopic (exact) mass is 391 g/mol. The summed E-state index contributed by atoms with van der Waals surface area (Å²) in [4.78, 5) is 2.21. The molecule has 0 radical (unpaired) electrons. The Morgan fingerprint density at radius 2 is 1.86 bits per heavy atom. The third kappa shape index (κ3) is 4.46. The fraction of sp³-hybridized carbons (Fsp3) is 0.158. The zero-order chi connectivity index (χ0) is 14.4.